The summed E-state index contributed by atoms with van der Waals surface area (Å²) in [6.07, 6.45) is 4.13. The standard InChI is InChI=1S/C46H54ClN7O5S/c1-5-7-20-53(21-8-6-2)46(57)43-42(47)31(3)54(49-43)41-19-17-34(45(56)50-60(58,59)37-18-16-32-12-9-10-13-33(32)26-37)27-40(41)44(55)38-15-11-14-35-29-48-36(28-39(35)38)30-52-24-22-51(4)23-25-52/h9-19,26-27,36,48H,5-8,20-25,28-30H2,1-4H3,(H,50,56). The topological polar surface area (TPSA) is 137 Å². The number of halogens is 1. The summed E-state index contributed by atoms with van der Waals surface area (Å²) in [5.41, 5.74) is 3.33. The van der Waals surface area contributed by atoms with Crippen molar-refractivity contribution in [2.45, 2.75) is 70.4 Å². The number of aromatic nitrogens is 2. The Morgan fingerprint density at radius 3 is 2.32 bits per heavy atom. The summed E-state index contributed by atoms with van der Waals surface area (Å²) in [5.74, 6) is -1.55. The van der Waals surface area contributed by atoms with Crippen LogP contribution in [0, 0.1) is 6.92 Å². The smallest absolute Gasteiger partial charge is 0.275 e. The molecule has 4 aromatic carbocycles. The largest absolute Gasteiger partial charge is 0.337 e. The van der Waals surface area contributed by atoms with Crippen molar-refractivity contribution < 1.29 is 22.8 Å². The van der Waals surface area contributed by atoms with E-state index in [0.29, 0.717) is 48.4 Å². The second-order valence-corrected chi connectivity index (χ2v) is 18.1. The molecule has 5 aromatic rings. The van der Waals surface area contributed by atoms with Gasteiger partial charge in [0.05, 0.1) is 21.3 Å². The van der Waals surface area contributed by atoms with Gasteiger partial charge in [0.1, 0.15) is 0 Å². The van der Waals surface area contributed by atoms with Gasteiger partial charge < -0.3 is 15.1 Å². The molecule has 1 fully saturated rings. The van der Waals surface area contributed by atoms with E-state index < -0.39 is 15.9 Å². The predicted molar refractivity (Wildman–Crippen MR) is 236 cm³/mol. The lowest BCUT2D eigenvalue weighted by atomic mass is 9.87. The number of amides is 2. The van der Waals surface area contributed by atoms with E-state index in [2.05, 4.69) is 40.7 Å². The molecule has 1 saturated heterocycles. The van der Waals surface area contributed by atoms with Crippen LogP contribution in [0.15, 0.2) is 83.8 Å². The van der Waals surface area contributed by atoms with Crippen LogP contribution in [0.3, 0.4) is 0 Å². The second-order valence-electron chi connectivity index (χ2n) is 16.0. The molecule has 12 nitrogen and oxygen atoms in total. The van der Waals surface area contributed by atoms with Crippen molar-refractivity contribution in [3.8, 4) is 5.69 Å². The third-order valence-corrected chi connectivity index (χ3v) is 13.5. The van der Waals surface area contributed by atoms with Crippen molar-refractivity contribution in [3.63, 3.8) is 0 Å². The number of nitrogens with one attached hydrogen (secondary N) is 2. The summed E-state index contributed by atoms with van der Waals surface area (Å²) in [5, 5.41) is 10.2. The zero-order valence-corrected chi connectivity index (χ0v) is 36.4. The average molecular weight is 853 g/mol. The normalized spacial score (nSPS) is 16.1. The maximum Gasteiger partial charge on any atom is 0.275 e. The Labute approximate surface area is 357 Å². The summed E-state index contributed by atoms with van der Waals surface area (Å²) >= 11 is 6.91. The number of hydrogen-bond donors (Lipinski definition) is 2. The maximum atomic E-state index is 15.1. The number of ketones is 1. The van der Waals surface area contributed by atoms with Gasteiger partial charge in [-0.15, -0.1) is 0 Å². The summed E-state index contributed by atoms with van der Waals surface area (Å²) < 4.78 is 30.9. The number of benzene rings is 4. The fourth-order valence-electron chi connectivity index (χ4n) is 8.08. The number of unbranched alkanes of at least 4 members (excludes halogenated alkanes) is 2. The van der Waals surface area contributed by atoms with Gasteiger partial charge in [-0.3, -0.25) is 19.3 Å². The van der Waals surface area contributed by atoms with Gasteiger partial charge in [0.2, 0.25) is 0 Å². The van der Waals surface area contributed by atoms with Crippen molar-refractivity contribution in [2.24, 2.45) is 0 Å². The first-order chi connectivity index (χ1) is 28.9. The van der Waals surface area contributed by atoms with Gasteiger partial charge in [0, 0.05) is 75.1 Å². The van der Waals surface area contributed by atoms with Gasteiger partial charge in [-0.2, -0.15) is 5.10 Å². The highest BCUT2D eigenvalue weighted by Gasteiger charge is 2.31. The van der Waals surface area contributed by atoms with Crippen LogP contribution in [0.5, 0.6) is 0 Å². The Hall–Kier alpha value is -4.92. The summed E-state index contributed by atoms with van der Waals surface area (Å²) in [6.45, 7) is 12.4. The van der Waals surface area contributed by atoms with E-state index in [0.717, 1.165) is 74.9 Å². The van der Waals surface area contributed by atoms with E-state index in [-0.39, 0.29) is 44.5 Å². The minimum atomic E-state index is -4.30. The number of hydrogen-bond acceptors (Lipinski definition) is 9. The van der Waals surface area contributed by atoms with Gasteiger partial charge in [-0.05, 0) is 85.5 Å². The Kier molecular flexibility index (Phi) is 13.5. The summed E-state index contributed by atoms with van der Waals surface area (Å²) in [6, 6.07) is 22.2. The first-order valence-corrected chi connectivity index (χ1v) is 22.8. The number of carbonyl (C=O) groups excluding carboxylic acids is 3. The first kappa shape index (κ1) is 43.2. The van der Waals surface area contributed by atoms with Crippen molar-refractivity contribution in [2.75, 3.05) is 52.9 Å². The van der Waals surface area contributed by atoms with Crippen LogP contribution in [-0.4, -0.2) is 109 Å². The van der Waals surface area contributed by atoms with E-state index in [1.54, 1.807) is 36.1 Å². The van der Waals surface area contributed by atoms with Gasteiger partial charge in [0.15, 0.2) is 11.5 Å². The first-order valence-electron chi connectivity index (χ1n) is 20.9. The van der Waals surface area contributed by atoms with E-state index in [1.807, 2.05) is 30.3 Å². The maximum absolute atomic E-state index is 15.1. The third-order valence-electron chi connectivity index (χ3n) is 11.7. The molecule has 2 aliphatic heterocycles. The molecule has 0 spiro atoms. The Morgan fingerprint density at radius 1 is 0.883 bits per heavy atom. The second kappa shape index (κ2) is 18.8. The molecule has 316 valence electrons. The monoisotopic (exact) mass is 851 g/mol. The van der Waals surface area contributed by atoms with E-state index in [9.17, 15) is 18.0 Å². The molecule has 0 radical (unpaired) electrons. The fourth-order valence-corrected chi connectivity index (χ4v) is 9.29. The number of likely N-dealkylation sites (N-methyl/N-ethyl adjacent to an activating group) is 1. The molecular formula is C46H54ClN7O5S. The SMILES string of the molecule is CCCCN(CCCC)C(=O)c1nn(-c2ccc(C(=O)NS(=O)(=O)c3ccc4ccccc4c3)cc2C(=O)c2cccc3c2CC(CN2CCN(C)CC2)NC3)c(C)c1Cl. The molecule has 0 aliphatic carbocycles. The molecule has 14 heteroatoms. The van der Waals surface area contributed by atoms with Crippen LogP contribution in [0.25, 0.3) is 16.5 Å². The third kappa shape index (κ3) is 9.35. The molecule has 1 aromatic heterocycles. The van der Waals surface area contributed by atoms with Crippen molar-refractivity contribution >= 4 is 50.0 Å². The zero-order chi connectivity index (χ0) is 42.6. The van der Waals surface area contributed by atoms with Gasteiger partial charge >= 0.3 is 0 Å². The molecule has 1 unspecified atom stereocenters. The molecule has 3 heterocycles. The van der Waals surface area contributed by atoms with E-state index in [4.69, 9.17) is 16.7 Å². The summed E-state index contributed by atoms with van der Waals surface area (Å²) in [7, 11) is -2.16. The molecular weight excluding hydrogens is 798 g/mol. The number of rotatable bonds is 15. The van der Waals surface area contributed by atoms with Crippen LogP contribution in [0.2, 0.25) is 5.02 Å². The molecule has 2 N–H and O–H groups in total. The van der Waals surface area contributed by atoms with Crippen LogP contribution in [-0.2, 0) is 23.0 Å². The molecule has 0 saturated carbocycles. The van der Waals surface area contributed by atoms with Gasteiger partial charge in [0.25, 0.3) is 21.8 Å². The fraction of sp³-hybridized carbons (Fsp3) is 0.391. The lowest BCUT2D eigenvalue weighted by molar-refractivity contribution is 0.0744. The van der Waals surface area contributed by atoms with Crippen LogP contribution < -0.4 is 10.0 Å². The van der Waals surface area contributed by atoms with Crippen LogP contribution in [0.1, 0.15) is 93.1 Å². The Morgan fingerprint density at radius 2 is 1.60 bits per heavy atom. The summed E-state index contributed by atoms with van der Waals surface area (Å²) in [4.78, 5) is 49.5. The van der Waals surface area contributed by atoms with Crippen molar-refractivity contribution in [1.29, 1.82) is 0 Å². The highest BCUT2D eigenvalue weighted by atomic mass is 35.5. The van der Waals surface area contributed by atoms with Gasteiger partial charge in [-0.1, -0.05) is 86.8 Å². The lowest BCUT2D eigenvalue weighted by Gasteiger charge is -2.36. The van der Waals surface area contributed by atoms with Crippen LogP contribution in [0.4, 0.5) is 0 Å². The molecule has 60 heavy (non-hydrogen) atoms. The van der Waals surface area contributed by atoms with Gasteiger partial charge in [-0.25, -0.2) is 17.8 Å². The molecule has 2 aliphatic rings. The zero-order valence-electron chi connectivity index (χ0n) is 34.8. The lowest BCUT2D eigenvalue weighted by Crippen LogP contribution is -2.51. The molecule has 2 amide bonds. The van der Waals surface area contributed by atoms with Crippen molar-refractivity contribution in [1.82, 2.24) is 34.5 Å². The number of piperazine rings is 1. The molecule has 1 atom stereocenters. The van der Waals surface area contributed by atoms with E-state index >= 15 is 4.79 Å². The molecule has 0 bridgehead atoms. The minimum Gasteiger partial charge on any atom is -0.337 e. The Bertz CT molecular complexity index is 2510. The van der Waals surface area contributed by atoms with Crippen LogP contribution >= 0.6 is 11.6 Å². The highest BCUT2D eigenvalue weighted by molar-refractivity contribution is 7.90. The minimum absolute atomic E-state index is 0.0385. The van der Waals surface area contributed by atoms with Crippen molar-refractivity contribution in [3.05, 3.63) is 123 Å². The number of sulfonamides is 1. The number of fused-ring (bicyclic) bond motifs is 2. The van der Waals surface area contributed by atoms with E-state index in [1.165, 1.54) is 28.9 Å². The average Bonchev–Trinajstić information content (AvgIpc) is 3.55. The molecule has 7 rings (SSSR count). The predicted octanol–water partition coefficient (Wildman–Crippen LogP) is 6.64. The Balaban J connectivity index is 1.27. The number of nitrogens with zero attached hydrogens (tertiary/aromatic N) is 5. The quantitative estimate of drug-likeness (QED) is 0.111. The highest BCUT2D eigenvalue weighted by Crippen LogP contribution is 2.31. The number of carbonyl (C=O) groups is 3.